The number of hydrogen-bond donors (Lipinski definition) is 0. The van der Waals surface area contributed by atoms with E-state index >= 15 is 0 Å². The van der Waals surface area contributed by atoms with Crippen molar-refractivity contribution in [2.75, 3.05) is 19.0 Å². The minimum Gasteiger partial charge on any atom is -0.465 e. The lowest BCUT2D eigenvalue weighted by Gasteiger charge is -2.14. The molecule has 0 aliphatic heterocycles. The molecule has 2 aromatic rings. The number of hydrogen-bond acceptors (Lipinski definition) is 6. The summed E-state index contributed by atoms with van der Waals surface area (Å²) < 4.78 is 26.6. The van der Waals surface area contributed by atoms with Gasteiger partial charge in [-0.05, 0) is 37.8 Å². The molecule has 1 unspecified atom stereocenters. The van der Waals surface area contributed by atoms with Crippen LogP contribution in [0.25, 0.3) is 5.69 Å². The van der Waals surface area contributed by atoms with E-state index in [4.69, 9.17) is 9.47 Å². The topological polar surface area (TPSA) is 70.4 Å². The Labute approximate surface area is 193 Å². The van der Waals surface area contributed by atoms with E-state index in [2.05, 4.69) is 18.9 Å². The van der Waals surface area contributed by atoms with Crippen LogP contribution in [0.4, 0.5) is 4.39 Å². The molecule has 32 heavy (non-hydrogen) atoms. The summed E-state index contributed by atoms with van der Waals surface area (Å²) in [7, 11) is 0. The maximum atomic E-state index is 14.7. The average Bonchev–Trinajstić information content (AvgIpc) is 3.20. The summed E-state index contributed by atoms with van der Waals surface area (Å²) >= 11 is 1.32. The summed E-state index contributed by atoms with van der Waals surface area (Å²) in [6.45, 7) is 8.30. The van der Waals surface area contributed by atoms with Crippen molar-refractivity contribution < 1.29 is 23.5 Å². The monoisotopic (exact) mass is 464 g/mol. The number of unbranched alkanes of at least 4 members (excludes halogenated alkanes) is 1. The van der Waals surface area contributed by atoms with E-state index in [-0.39, 0.29) is 30.4 Å². The molecule has 1 heterocycles. The summed E-state index contributed by atoms with van der Waals surface area (Å²) in [5.74, 6) is -0.426. The Morgan fingerprint density at radius 2 is 2.00 bits per heavy atom. The lowest BCUT2D eigenvalue weighted by Crippen LogP contribution is -2.14. The molecule has 2 rings (SSSR count). The highest BCUT2D eigenvalue weighted by molar-refractivity contribution is 7.99. The van der Waals surface area contributed by atoms with Crippen LogP contribution >= 0.6 is 11.8 Å². The molecule has 0 spiro atoms. The van der Waals surface area contributed by atoms with E-state index in [9.17, 15) is 14.0 Å². The van der Waals surface area contributed by atoms with Crippen LogP contribution < -0.4 is 0 Å². The van der Waals surface area contributed by atoms with Gasteiger partial charge in [-0.3, -0.25) is 4.79 Å². The molecule has 0 saturated carbocycles. The van der Waals surface area contributed by atoms with Gasteiger partial charge in [0.05, 0.1) is 19.6 Å². The van der Waals surface area contributed by atoms with Crippen molar-refractivity contribution in [2.45, 2.75) is 64.8 Å². The Morgan fingerprint density at radius 3 is 2.69 bits per heavy atom. The molecule has 0 aliphatic rings. The molecule has 176 valence electrons. The van der Waals surface area contributed by atoms with E-state index in [1.54, 1.807) is 38.1 Å². The van der Waals surface area contributed by atoms with Gasteiger partial charge >= 0.3 is 11.9 Å². The molecule has 0 radical (unpaired) electrons. The smallest absolute Gasteiger partial charge is 0.358 e. The highest BCUT2D eigenvalue weighted by atomic mass is 32.2. The zero-order chi connectivity index (χ0) is 23.5. The Balaban J connectivity index is 2.06. The van der Waals surface area contributed by atoms with Crippen LogP contribution in [0.1, 0.15) is 68.9 Å². The molecule has 0 amide bonds. The van der Waals surface area contributed by atoms with Crippen LogP contribution in [-0.2, 0) is 14.3 Å². The van der Waals surface area contributed by atoms with Crippen molar-refractivity contribution in [1.29, 1.82) is 0 Å². The minimum atomic E-state index is -0.571. The summed E-state index contributed by atoms with van der Waals surface area (Å²) in [5, 5.41) is 4.82. The Kier molecular flexibility index (Phi) is 10.7. The first-order valence-electron chi connectivity index (χ1n) is 11.2. The molecule has 0 saturated heterocycles. The number of aromatic nitrogens is 2. The number of carbonyl (C=O) groups is 2. The van der Waals surface area contributed by atoms with Gasteiger partial charge in [-0.2, -0.15) is 5.10 Å². The highest BCUT2D eigenvalue weighted by Crippen LogP contribution is 2.27. The number of ether oxygens (including phenoxy) is 2. The third-order valence-corrected chi connectivity index (χ3v) is 6.14. The second kappa shape index (κ2) is 13.3. The lowest BCUT2D eigenvalue weighted by atomic mass is 10.0. The van der Waals surface area contributed by atoms with Crippen LogP contribution in [0.3, 0.4) is 0 Å². The zero-order valence-electron chi connectivity index (χ0n) is 19.4. The van der Waals surface area contributed by atoms with E-state index in [0.717, 1.165) is 25.7 Å². The third-order valence-electron chi connectivity index (χ3n) is 5.14. The number of rotatable bonds is 13. The molecule has 0 bridgehead atoms. The van der Waals surface area contributed by atoms with Gasteiger partial charge in [-0.15, -0.1) is 11.8 Å². The normalized spacial score (nSPS) is 11.9. The third kappa shape index (κ3) is 7.36. The number of esters is 2. The molecular weight excluding hydrogens is 431 g/mol. The van der Waals surface area contributed by atoms with Gasteiger partial charge in [-0.25, -0.2) is 13.9 Å². The molecule has 6 nitrogen and oxygen atoms in total. The first kappa shape index (κ1) is 25.9. The fourth-order valence-electron chi connectivity index (χ4n) is 3.16. The van der Waals surface area contributed by atoms with Gasteiger partial charge in [0.1, 0.15) is 10.7 Å². The van der Waals surface area contributed by atoms with Gasteiger partial charge in [0, 0.05) is 11.8 Å². The van der Waals surface area contributed by atoms with Crippen molar-refractivity contribution >= 4 is 23.7 Å². The maximum Gasteiger partial charge on any atom is 0.358 e. The number of halogens is 1. The lowest BCUT2D eigenvalue weighted by molar-refractivity contribution is -0.144. The molecular formula is C24H33FN2O4S. The molecule has 1 aromatic carbocycles. The van der Waals surface area contributed by atoms with Crippen molar-refractivity contribution in [3.05, 3.63) is 41.3 Å². The van der Waals surface area contributed by atoms with Gasteiger partial charge in [0.2, 0.25) is 0 Å². The van der Waals surface area contributed by atoms with Crippen LogP contribution in [0.5, 0.6) is 0 Å². The predicted molar refractivity (Wildman–Crippen MR) is 124 cm³/mol. The number of carbonyl (C=O) groups excluding carboxylic acids is 2. The minimum absolute atomic E-state index is 0.0968. The summed E-state index contributed by atoms with van der Waals surface area (Å²) in [4.78, 5) is 24.3. The van der Waals surface area contributed by atoms with Crippen LogP contribution in [0.15, 0.2) is 29.3 Å². The van der Waals surface area contributed by atoms with Crippen LogP contribution in [0, 0.1) is 18.7 Å². The standard InChI is InChI=1S/C24H33FN2O4S/c1-5-8-11-18(6-2)16-31-22(28)13-14-32-21-15-19(24(29)30-7-3)26-27(21)20-12-9-10-17(4)23(20)25/h9-10,12,15,18H,5-8,11,13-14,16H2,1-4H3. The number of benzene rings is 1. The van der Waals surface area contributed by atoms with Crippen LogP contribution in [0.2, 0.25) is 0 Å². The van der Waals surface area contributed by atoms with E-state index in [1.165, 1.54) is 16.4 Å². The fraction of sp³-hybridized carbons (Fsp3) is 0.542. The first-order valence-corrected chi connectivity index (χ1v) is 12.2. The summed E-state index contributed by atoms with van der Waals surface area (Å²) in [6.07, 6.45) is 4.52. The van der Waals surface area contributed by atoms with Gasteiger partial charge in [0.15, 0.2) is 11.5 Å². The van der Waals surface area contributed by atoms with Crippen molar-refractivity contribution in [2.24, 2.45) is 5.92 Å². The SMILES string of the molecule is CCCCC(CC)COC(=O)CCSc1cc(C(=O)OCC)nn1-c1cccc(C)c1F. The largest absolute Gasteiger partial charge is 0.465 e. The second-order valence-corrected chi connectivity index (χ2v) is 8.72. The summed E-state index contributed by atoms with van der Waals surface area (Å²) in [6, 6.07) is 6.56. The molecule has 8 heteroatoms. The molecule has 0 aliphatic carbocycles. The zero-order valence-corrected chi connectivity index (χ0v) is 20.2. The van der Waals surface area contributed by atoms with Crippen LogP contribution in [-0.4, -0.2) is 40.7 Å². The fourth-order valence-corrected chi connectivity index (χ4v) is 4.09. The maximum absolute atomic E-state index is 14.7. The molecule has 0 fully saturated rings. The van der Waals surface area contributed by atoms with Crippen molar-refractivity contribution in [3.63, 3.8) is 0 Å². The average molecular weight is 465 g/mol. The van der Waals surface area contributed by atoms with E-state index in [1.807, 2.05) is 0 Å². The van der Waals surface area contributed by atoms with Gasteiger partial charge in [0.25, 0.3) is 0 Å². The molecule has 1 aromatic heterocycles. The van der Waals surface area contributed by atoms with E-state index < -0.39 is 11.8 Å². The molecule has 0 N–H and O–H groups in total. The quantitative estimate of drug-likeness (QED) is 0.278. The highest BCUT2D eigenvalue weighted by Gasteiger charge is 2.20. The predicted octanol–water partition coefficient (Wildman–Crippen LogP) is 5.74. The number of nitrogens with zero attached hydrogens (tertiary/aromatic N) is 2. The summed E-state index contributed by atoms with van der Waals surface area (Å²) in [5.41, 5.74) is 0.815. The second-order valence-electron chi connectivity index (χ2n) is 7.61. The van der Waals surface area contributed by atoms with Crippen molar-refractivity contribution in [3.8, 4) is 5.69 Å². The Morgan fingerprint density at radius 1 is 1.22 bits per heavy atom. The number of aryl methyl sites for hydroxylation is 1. The number of thioether (sulfide) groups is 1. The van der Waals surface area contributed by atoms with Crippen molar-refractivity contribution in [1.82, 2.24) is 9.78 Å². The van der Waals surface area contributed by atoms with Gasteiger partial charge < -0.3 is 9.47 Å². The Bertz CT molecular complexity index is 900. The first-order chi connectivity index (χ1) is 15.4. The van der Waals surface area contributed by atoms with Gasteiger partial charge in [-0.1, -0.05) is 45.2 Å². The molecule has 1 atom stereocenters. The van der Waals surface area contributed by atoms with E-state index in [0.29, 0.717) is 28.9 Å². The Hall–Kier alpha value is -2.35.